The highest BCUT2D eigenvalue weighted by Gasteiger charge is 2.22. The normalized spacial score (nSPS) is 17.9. The quantitative estimate of drug-likeness (QED) is 0.659. The van der Waals surface area contributed by atoms with Crippen LogP contribution in [-0.4, -0.2) is 33.3 Å². The van der Waals surface area contributed by atoms with E-state index < -0.39 is 0 Å². The summed E-state index contributed by atoms with van der Waals surface area (Å²) in [5.41, 5.74) is 1.31. The Morgan fingerprint density at radius 3 is 2.91 bits per heavy atom. The Bertz CT molecular complexity index is 422. The zero-order chi connectivity index (χ0) is 15.6. The van der Waals surface area contributed by atoms with Gasteiger partial charge in [0, 0.05) is 24.8 Å². The molecule has 1 atom stereocenters. The van der Waals surface area contributed by atoms with Gasteiger partial charge in [-0.3, -0.25) is 0 Å². The average Bonchev–Trinajstić information content (AvgIpc) is 3.00. The number of hydrogen-bond donors (Lipinski definition) is 1. The second-order valence-corrected chi connectivity index (χ2v) is 6.42. The SMILES string of the molecule is CCCCCCCOc1cccc(N2CCC(CNC)C2)c1. The van der Waals surface area contributed by atoms with E-state index in [2.05, 4.69) is 41.4 Å². The van der Waals surface area contributed by atoms with Crippen molar-refractivity contribution in [3.8, 4) is 5.75 Å². The Kier molecular flexibility index (Phi) is 7.58. The van der Waals surface area contributed by atoms with E-state index in [0.717, 1.165) is 44.3 Å². The average molecular weight is 304 g/mol. The molecule has 0 aromatic heterocycles. The topological polar surface area (TPSA) is 24.5 Å². The molecule has 1 aromatic rings. The van der Waals surface area contributed by atoms with Crippen molar-refractivity contribution in [2.45, 2.75) is 45.4 Å². The molecular weight excluding hydrogens is 272 g/mol. The van der Waals surface area contributed by atoms with Gasteiger partial charge in [0.1, 0.15) is 5.75 Å². The van der Waals surface area contributed by atoms with Crippen LogP contribution in [0.15, 0.2) is 24.3 Å². The summed E-state index contributed by atoms with van der Waals surface area (Å²) in [7, 11) is 2.04. The van der Waals surface area contributed by atoms with Crippen LogP contribution in [-0.2, 0) is 0 Å². The molecule has 124 valence electrons. The zero-order valence-electron chi connectivity index (χ0n) is 14.3. The molecular formula is C19H32N2O. The van der Waals surface area contributed by atoms with Crippen molar-refractivity contribution in [1.82, 2.24) is 5.32 Å². The summed E-state index contributed by atoms with van der Waals surface area (Å²) in [4.78, 5) is 2.48. The number of unbranched alkanes of at least 4 members (excludes halogenated alkanes) is 4. The molecule has 3 nitrogen and oxygen atoms in total. The van der Waals surface area contributed by atoms with Crippen molar-refractivity contribution in [3.63, 3.8) is 0 Å². The van der Waals surface area contributed by atoms with Gasteiger partial charge in [-0.25, -0.2) is 0 Å². The number of rotatable bonds is 10. The third-order valence-corrected chi connectivity index (χ3v) is 4.48. The smallest absolute Gasteiger partial charge is 0.121 e. The van der Waals surface area contributed by atoms with Crippen molar-refractivity contribution in [2.75, 3.05) is 38.2 Å². The maximum absolute atomic E-state index is 5.92. The van der Waals surface area contributed by atoms with Gasteiger partial charge in [0.2, 0.25) is 0 Å². The van der Waals surface area contributed by atoms with Gasteiger partial charge < -0.3 is 15.0 Å². The lowest BCUT2D eigenvalue weighted by Gasteiger charge is -2.19. The first-order valence-corrected chi connectivity index (χ1v) is 8.96. The Labute approximate surface area is 136 Å². The molecule has 0 bridgehead atoms. The van der Waals surface area contributed by atoms with E-state index in [1.54, 1.807) is 0 Å². The fourth-order valence-electron chi connectivity index (χ4n) is 3.19. The minimum absolute atomic E-state index is 0.771. The molecule has 1 unspecified atom stereocenters. The van der Waals surface area contributed by atoms with Gasteiger partial charge >= 0.3 is 0 Å². The maximum Gasteiger partial charge on any atom is 0.121 e. The highest BCUT2D eigenvalue weighted by atomic mass is 16.5. The molecule has 0 radical (unpaired) electrons. The molecule has 1 saturated heterocycles. The Morgan fingerprint density at radius 1 is 1.23 bits per heavy atom. The summed E-state index contributed by atoms with van der Waals surface area (Å²) in [5, 5.41) is 3.29. The summed E-state index contributed by atoms with van der Waals surface area (Å²) >= 11 is 0. The highest BCUT2D eigenvalue weighted by molar-refractivity contribution is 5.51. The van der Waals surface area contributed by atoms with Crippen LogP contribution in [0.25, 0.3) is 0 Å². The molecule has 0 aliphatic carbocycles. The van der Waals surface area contributed by atoms with Crippen LogP contribution in [0.2, 0.25) is 0 Å². The minimum Gasteiger partial charge on any atom is -0.494 e. The number of ether oxygens (including phenoxy) is 1. The van der Waals surface area contributed by atoms with Crippen molar-refractivity contribution in [3.05, 3.63) is 24.3 Å². The van der Waals surface area contributed by atoms with Gasteiger partial charge in [0.05, 0.1) is 6.61 Å². The number of nitrogens with one attached hydrogen (secondary N) is 1. The van der Waals surface area contributed by atoms with Crippen LogP contribution in [0.5, 0.6) is 5.75 Å². The van der Waals surface area contributed by atoms with E-state index >= 15 is 0 Å². The fraction of sp³-hybridized carbons (Fsp3) is 0.684. The summed E-state index contributed by atoms with van der Waals surface area (Å²) in [6.07, 6.45) is 7.71. The monoisotopic (exact) mass is 304 g/mol. The summed E-state index contributed by atoms with van der Waals surface area (Å²) < 4.78 is 5.92. The summed E-state index contributed by atoms with van der Waals surface area (Å²) in [6.45, 7) is 6.52. The molecule has 0 spiro atoms. The van der Waals surface area contributed by atoms with E-state index in [1.807, 2.05) is 7.05 Å². The van der Waals surface area contributed by atoms with Crippen LogP contribution < -0.4 is 15.0 Å². The van der Waals surface area contributed by atoms with Gasteiger partial charge in [-0.1, -0.05) is 38.7 Å². The van der Waals surface area contributed by atoms with Crippen LogP contribution >= 0.6 is 0 Å². The van der Waals surface area contributed by atoms with Crippen molar-refractivity contribution in [2.24, 2.45) is 5.92 Å². The molecule has 1 aromatic carbocycles. The first-order valence-electron chi connectivity index (χ1n) is 8.96. The second-order valence-electron chi connectivity index (χ2n) is 6.42. The van der Waals surface area contributed by atoms with E-state index in [-0.39, 0.29) is 0 Å². The minimum atomic E-state index is 0.771. The molecule has 22 heavy (non-hydrogen) atoms. The fourth-order valence-corrected chi connectivity index (χ4v) is 3.19. The molecule has 1 N–H and O–H groups in total. The molecule has 3 heteroatoms. The third kappa shape index (κ3) is 5.53. The molecule has 1 heterocycles. The van der Waals surface area contributed by atoms with Crippen LogP contribution in [0.3, 0.4) is 0 Å². The van der Waals surface area contributed by atoms with Gasteiger partial charge in [-0.15, -0.1) is 0 Å². The Balaban J connectivity index is 1.75. The summed E-state index contributed by atoms with van der Waals surface area (Å²) in [5.74, 6) is 1.79. The maximum atomic E-state index is 5.92. The predicted octanol–water partition coefficient (Wildman–Crippen LogP) is 4.08. The van der Waals surface area contributed by atoms with Crippen molar-refractivity contribution < 1.29 is 4.74 Å². The molecule has 1 fully saturated rings. The highest BCUT2D eigenvalue weighted by Crippen LogP contribution is 2.26. The van der Waals surface area contributed by atoms with Gasteiger partial charge in [0.25, 0.3) is 0 Å². The lowest BCUT2D eigenvalue weighted by atomic mass is 10.1. The van der Waals surface area contributed by atoms with Crippen LogP contribution in [0, 0.1) is 5.92 Å². The number of nitrogens with zero attached hydrogens (tertiary/aromatic N) is 1. The molecule has 2 rings (SSSR count). The lowest BCUT2D eigenvalue weighted by molar-refractivity contribution is 0.304. The van der Waals surface area contributed by atoms with Gasteiger partial charge in [0.15, 0.2) is 0 Å². The number of benzene rings is 1. The zero-order valence-corrected chi connectivity index (χ0v) is 14.3. The standard InChI is InChI=1S/C19H32N2O/c1-3-4-5-6-7-13-22-19-10-8-9-18(14-19)21-12-11-17(16-21)15-20-2/h8-10,14,17,20H,3-7,11-13,15-16H2,1-2H3. The Morgan fingerprint density at radius 2 is 2.09 bits per heavy atom. The first-order chi connectivity index (χ1) is 10.8. The van der Waals surface area contributed by atoms with E-state index in [0.29, 0.717) is 0 Å². The third-order valence-electron chi connectivity index (χ3n) is 4.48. The molecule has 0 amide bonds. The predicted molar refractivity (Wildman–Crippen MR) is 94.9 cm³/mol. The van der Waals surface area contributed by atoms with Crippen molar-refractivity contribution in [1.29, 1.82) is 0 Å². The molecule has 1 aliphatic heterocycles. The van der Waals surface area contributed by atoms with E-state index in [4.69, 9.17) is 4.74 Å². The number of anilines is 1. The van der Waals surface area contributed by atoms with Gasteiger partial charge in [-0.05, 0) is 44.5 Å². The van der Waals surface area contributed by atoms with Crippen molar-refractivity contribution >= 4 is 5.69 Å². The molecule has 0 saturated carbocycles. The van der Waals surface area contributed by atoms with E-state index in [1.165, 1.54) is 37.8 Å². The van der Waals surface area contributed by atoms with Crippen LogP contribution in [0.4, 0.5) is 5.69 Å². The van der Waals surface area contributed by atoms with Gasteiger partial charge in [-0.2, -0.15) is 0 Å². The second kappa shape index (κ2) is 9.73. The largest absolute Gasteiger partial charge is 0.494 e. The lowest BCUT2D eigenvalue weighted by Crippen LogP contribution is -2.24. The summed E-state index contributed by atoms with van der Waals surface area (Å²) in [6, 6.07) is 8.60. The van der Waals surface area contributed by atoms with Crippen LogP contribution in [0.1, 0.15) is 45.4 Å². The Hall–Kier alpha value is -1.22. The number of hydrogen-bond acceptors (Lipinski definition) is 3. The van der Waals surface area contributed by atoms with E-state index in [9.17, 15) is 0 Å². The molecule has 1 aliphatic rings. The first kappa shape index (κ1) is 17.1.